The second-order valence-electron chi connectivity index (χ2n) is 7.55. The fraction of sp³-hybridized carbons (Fsp3) is 0.240. The number of thioether (sulfide) groups is 1. The third-order valence-corrected chi connectivity index (χ3v) is 6.26. The monoisotopic (exact) mass is 501 g/mol. The fourth-order valence-corrected chi connectivity index (χ4v) is 4.54. The number of carbonyl (C=O) groups excluding carboxylic acids is 1. The van der Waals surface area contributed by atoms with Gasteiger partial charge in [0.2, 0.25) is 0 Å². The van der Waals surface area contributed by atoms with Crippen LogP contribution in [0.5, 0.6) is 5.75 Å². The van der Waals surface area contributed by atoms with Crippen LogP contribution in [-0.2, 0) is 23.2 Å². The van der Waals surface area contributed by atoms with Crippen LogP contribution in [0, 0.1) is 0 Å². The minimum absolute atomic E-state index is 0.222. The van der Waals surface area contributed by atoms with Crippen molar-refractivity contribution < 1.29 is 27.4 Å². The van der Waals surface area contributed by atoms with Crippen molar-refractivity contribution >= 4 is 28.8 Å². The highest BCUT2D eigenvalue weighted by molar-refractivity contribution is 7.98. The highest BCUT2D eigenvalue weighted by Gasteiger charge is 2.34. The van der Waals surface area contributed by atoms with Crippen LogP contribution >= 0.6 is 11.8 Å². The zero-order chi connectivity index (χ0) is 25.0. The van der Waals surface area contributed by atoms with E-state index in [1.165, 1.54) is 24.9 Å². The summed E-state index contributed by atoms with van der Waals surface area (Å²) in [5, 5.41) is 0.594. The number of alkyl halides is 3. The van der Waals surface area contributed by atoms with E-state index in [2.05, 4.69) is 9.97 Å². The number of benzene rings is 2. The lowest BCUT2D eigenvalue weighted by atomic mass is 10.1. The normalized spacial score (nSPS) is 11.6. The largest absolute Gasteiger partial charge is 0.496 e. The Morgan fingerprint density at radius 2 is 1.94 bits per heavy atom. The van der Waals surface area contributed by atoms with Crippen molar-refractivity contribution in [2.75, 3.05) is 13.7 Å². The number of nitrogens with zero attached hydrogens (tertiary/aromatic N) is 3. The van der Waals surface area contributed by atoms with Crippen molar-refractivity contribution in [2.24, 2.45) is 0 Å². The molecule has 6 nitrogen and oxygen atoms in total. The number of carbonyl (C=O) groups is 1. The van der Waals surface area contributed by atoms with Crippen LogP contribution in [0.2, 0.25) is 0 Å². The van der Waals surface area contributed by atoms with Gasteiger partial charge in [0.05, 0.1) is 48.1 Å². The standard InChI is InChI=1S/C25H22F3N3O3S/c1-3-34-23(32)17-8-9-21-20(13-17)30-24(31(21)14-18-6-4-5-11-29-18)35-15-16-7-10-22(33-2)19(12-16)25(26,27)28/h4-13H,3,14-15H2,1-2H3. The van der Waals surface area contributed by atoms with Crippen molar-refractivity contribution in [3.63, 3.8) is 0 Å². The van der Waals surface area contributed by atoms with Gasteiger partial charge in [-0.2, -0.15) is 13.2 Å². The first kappa shape index (κ1) is 24.6. The van der Waals surface area contributed by atoms with Crippen LogP contribution < -0.4 is 4.74 Å². The van der Waals surface area contributed by atoms with Crippen LogP contribution in [0.15, 0.2) is 66.0 Å². The summed E-state index contributed by atoms with van der Waals surface area (Å²) in [5.41, 5.74) is 2.19. The molecule has 4 rings (SSSR count). The van der Waals surface area contributed by atoms with Gasteiger partial charge >= 0.3 is 12.1 Å². The van der Waals surface area contributed by atoms with E-state index < -0.39 is 17.7 Å². The molecule has 2 aromatic carbocycles. The second kappa shape index (κ2) is 10.4. The molecule has 0 saturated carbocycles. The molecule has 35 heavy (non-hydrogen) atoms. The average Bonchev–Trinajstić information content (AvgIpc) is 3.19. The molecular formula is C25H22F3N3O3S. The first-order valence-corrected chi connectivity index (χ1v) is 11.7. The number of aromatic nitrogens is 3. The number of hydrogen-bond acceptors (Lipinski definition) is 6. The SMILES string of the molecule is CCOC(=O)c1ccc2c(c1)nc(SCc1ccc(OC)c(C(F)(F)F)c1)n2Cc1ccccn1. The van der Waals surface area contributed by atoms with E-state index in [0.29, 0.717) is 28.3 Å². The molecular weight excluding hydrogens is 479 g/mol. The summed E-state index contributed by atoms with van der Waals surface area (Å²) >= 11 is 1.30. The van der Waals surface area contributed by atoms with Crippen molar-refractivity contribution in [1.82, 2.24) is 14.5 Å². The summed E-state index contributed by atoms with van der Waals surface area (Å²) in [6.45, 7) is 2.40. The maximum atomic E-state index is 13.4. The molecule has 10 heteroatoms. The Bertz CT molecular complexity index is 1340. The number of ether oxygens (including phenoxy) is 2. The first-order valence-electron chi connectivity index (χ1n) is 10.7. The smallest absolute Gasteiger partial charge is 0.419 e. The van der Waals surface area contributed by atoms with E-state index in [4.69, 9.17) is 9.47 Å². The molecule has 0 unspecified atom stereocenters. The van der Waals surface area contributed by atoms with Gasteiger partial charge in [0.25, 0.3) is 0 Å². The molecule has 0 amide bonds. The number of esters is 1. The third kappa shape index (κ3) is 5.59. The Labute approximate surface area is 204 Å². The van der Waals surface area contributed by atoms with Gasteiger partial charge in [-0.1, -0.05) is 23.9 Å². The summed E-state index contributed by atoms with van der Waals surface area (Å²) in [6.07, 6.45) is -2.84. The quantitative estimate of drug-likeness (QED) is 0.219. The molecule has 0 aliphatic heterocycles. The topological polar surface area (TPSA) is 66.2 Å². The Morgan fingerprint density at radius 3 is 2.63 bits per heavy atom. The van der Waals surface area contributed by atoms with Gasteiger partial charge in [-0.05, 0) is 55.0 Å². The number of imidazole rings is 1. The highest BCUT2D eigenvalue weighted by Crippen LogP contribution is 2.38. The average molecular weight is 502 g/mol. The molecule has 0 aliphatic carbocycles. The van der Waals surface area contributed by atoms with Gasteiger partial charge < -0.3 is 14.0 Å². The van der Waals surface area contributed by atoms with Crippen molar-refractivity contribution in [2.45, 2.75) is 30.6 Å². The summed E-state index contributed by atoms with van der Waals surface area (Å²) in [4.78, 5) is 21.2. The molecule has 0 bridgehead atoms. The Balaban J connectivity index is 1.69. The molecule has 0 N–H and O–H groups in total. The van der Waals surface area contributed by atoms with Gasteiger partial charge in [0, 0.05) is 11.9 Å². The number of pyridine rings is 1. The predicted octanol–water partition coefficient (Wildman–Crippen LogP) is 5.98. The van der Waals surface area contributed by atoms with Crippen molar-refractivity contribution in [3.05, 3.63) is 83.2 Å². The van der Waals surface area contributed by atoms with Gasteiger partial charge in [0.1, 0.15) is 5.75 Å². The van der Waals surface area contributed by atoms with E-state index in [1.807, 2.05) is 22.8 Å². The molecule has 4 aromatic rings. The number of rotatable bonds is 8. The first-order chi connectivity index (χ1) is 16.8. The molecule has 0 aliphatic rings. The van der Waals surface area contributed by atoms with Crippen molar-refractivity contribution in [1.29, 1.82) is 0 Å². The van der Waals surface area contributed by atoms with E-state index in [1.54, 1.807) is 37.4 Å². The van der Waals surface area contributed by atoms with Gasteiger partial charge in [-0.15, -0.1) is 0 Å². The maximum absolute atomic E-state index is 13.4. The molecule has 0 saturated heterocycles. The lowest BCUT2D eigenvalue weighted by molar-refractivity contribution is -0.138. The Hall–Kier alpha value is -3.53. The van der Waals surface area contributed by atoms with E-state index in [0.717, 1.165) is 17.3 Å². The number of halogens is 3. The predicted molar refractivity (Wildman–Crippen MR) is 127 cm³/mol. The lowest BCUT2D eigenvalue weighted by Crippen LogP contribution is -2.08. The zero-order valence-corrected chi connectivity index (χ0v) is 19.8. The zero-order valence-electron chi connectivity index (χ0n) is 19.0. The molecule has 0 radical (unpaired) electrons. The molecule has 0 fully saturated rings. The minimum Gasteiger partial charge on any atom is -0.496 e. The third-order valence-electron chi connectivity index (χ3n) is 5.21. The van der Waals surface area contributed by atoms with E-state index in [9.17, 15) is 18.0 Å². The number of fused-ring (bicyclic) bond motifs is 1. The summed E-state index contributed by atoms with van der Waals surface area (Å²) in [6, 6.07) is 14.7. The molecule has 2 aromatic heterocycles. The minimum atomic E-state index is -4.53. The molecule has 182 valence electrons. The number of methoxy groups -OCH3 is 1. The number of hydrogen-bond donors (Lipinski definition) is 0. The second-order valence-corrected chi connectivity index (χ2v) is 8.49. The maximum Gasteiger partial charge on any atom is 0.419 e. The van der Waals surface area contributed by atoms with E-state index in [-0.39, 0.29) is 18.1 Å². The van der Waals surface area contributed by atoms with Crippen LogP contribution in [0.3, 0.4) is 0 Å². The highest BCUT2D eigenvalue weighted by atomic mass is 32.2. The van der Waals surface area contributed by atoms with Crippen LogP contribution in [0.1, 0.15) is 34.1 Å². The molecule has 0 spiro atoms. The van der Waals surface area contributed by atoms with Crippen LogP contribution in [0.25, 0.3) is 11.0 Å². The van der Waals surface area contributed by atoms with Gasteiger partial charge in [-0.3, -0.25) is 4.98 Å². The molecule has 2 heterocycles. The summed E-state index contributed by atoms with van der Waals surface area (Å²) in [5.74, 6) is -0.412. The lowest BCUT2D eigenvalue weighted by Gasteiger charge is -2.13. The van der Waals surface area contributed by atoms with Gasteiger partial charge in [-0.25, -0.2) is 9.78 Å². The Morgan fingerprint density at radius 1 is 1.11 bits per heavy atom. The van der Waals surface area contributed by atoms with Crippen LogP contribution in [-0.4, -0.2) is 34.2 Å². The summed E-state index contributed by atoms with van der Waals surface area (Å²) < 4.78 is 52.2. The summed E-state index contributed by atoms with van der Waals surface area (Å²) in [7, 11) is 1.21. The molecule has 0 atom stereocenters. The Kier molecular flexibility index (Phi) is 7.30. The van der Waals surface area contributed by atoms with Crippen molar-refractivity contribution in [3.8, 4) is 5.75 Å². The fourth-order valence-electron chi connectivity index (χ4n) is 3.58. The van der Waals surface area contributed by atoms with Gasteiger partial charge in [0.15, 0.2) is 5.16 Å². The van der Waals surface area contributed by atoms with E-state index >= 15 is 0 Å². The van der Waals surface area contributed by atoms with Crippen LogP contribution in [0.4, 0.5) is 13.2 Å².